The molecule has 1 saturated carbocycles. The van der Waals surface area contributed by atoms with Gasteiger partial charge in [0.1, 0.15) is 0 Å². The topological polar surface area (TPSA) is 101 Å². The van der Waals surface area contributed by atoms with E-state index in [0.717, 1.165) is 12.8 Å². The highest BCUT2D eigenvalue weighted by molar-refractivity contribution is 6.31. The number of nitrogens with one attached hydrogen (secondary N) is 1. The van der Waals surface area contributed by atoms with E-state index < -0.39 is 5.91 Å². The monoisotopic (exact) mass is 306 g/mol. The Balaban J connectivity index is 2.09. The lowest BCUT2D eigenvalue weighted by atomic mass is 10.1. The zero-order valence-corrected chi connectivity index (χ0v) is 12.0. The van der Waals surface area contributed by atoms with Crippen molar-refractivity contribution in [1.29, 1.82) is 0 Å². The molecule has 1 aromatic carbocycles. The first-order valence-electron chi connectivity index (χ1n) is 6.75. The highest BCUT2D eigenvalue weighted by atomic mass is 35.5. The van der Waals surface area contributed by atoms with Crippen LogP contribution >= 0.6 is 11.6 Å². The number of nitrogens with two attached hydrogens (primary N) is 1. The Morgan fingerprint density at radius 2 is 2.19 bits per heavy atom. The van der Waals surface area contributed by atoms with Crippen molar-refractivity contribution < 1.29 is 9.90 Å². The Hall–Kier alpha value is -1.92. The number of rotatable bonds is 3. The van der Waals surface area contributed by atoms with Gasteiger partial charge in [0.2, 0.25) is 0 Å². The summed E-state index contributed by atoms with van der Waals surface area (Å²) in [6.45, 7) is 0. The van der Waals surface area contributed by atoms with E-state index in [0.29, 0.717) is 28.0 Å². The second-order valence-electron chi connectivity index (χ2n) is 5.26. The van der Waals surface area contributed by atoms with Crippen LogP contribution in [0.2, 0.25) is 5.02 Å². The van der Waals surface area contributed by atoms with Gasteiger partial charge in [0.25, 0.3) is 5.91 Å². The fourth-order valence-electron chi connectivity index (χ4n) is 2.69. The molecular formula is C14H15ClN4O2. The molecule has 1 fully saturated rings. The number of anilines is 1. The number of aliphatic hydroxyl groups excluding tert-OH is 1. The van der Waals surface area contributed by atoms with Crippen LogP contribution in [0.1, 0.15) is 29.8 Å². The quantitative estimate of drug-likeness (QED) is 0.801. The zero-order chi connectivity index (χ0) is 15.0. The van der Waals surface area contributed by atoms with Gasteiger partial charge in [-0.25, -0.2) is 0 Å². The number of primary amides is 1. The van der Waals surface area contributed by atoms with E-state index in [-0.39, 0.29) is 17.8 Å². The van der Waals surface area contributed by atoms with Crippen molar-refractivity contribution in [1.82, 2.24) is 10.2 Å². The molecule has 1 amide bonds. The normalized spacial score (nSPS) is 21.6. The number of aromatic nitrogens is 2. The van der Waals surface area contributed by atoms with Crippen molar-refractivity contribution in [2.45, 2.75) is 31.4 Å². The molecule has 1 aromatic heterocycles. The predicted molar refractivity (Wildman–Crippen MR) is 80.3 cm³/mol. The second-order valence-corrected chi connectivity index (χ2v) is 5.69. The first-order chi connectivity index (χ1) is 10.0. The SMILES string of the molecule is NC(=O)c1nnc2ccc(Cl)cc2c1N[C@@H]1CC[C@@H](O)C1. The molecule has 7 heteroatoms. The number of carbonyl (C=O) groups is 1. The van der Waals surface area contributed by atoms with Crippen LogP contribution in [-0.2, 0) is 0 Å². The van der Waals surface area contributed by atoms with Gasteiger partial charge in [0, 0.05) is 16.5 Å². The third kappa shape index (κ3) is 2.77. The van der Waals surface area contributed by atoms with Crippen LogP contribution in [0.4, 0.5) is 5.69 Å². The van der Waals surface area contributed by atoms with Crippen LogP contribution in [0.25, 0.3) is 10.9 Å². The molecule has 6 nitrogen and oxygen atoms in total. The summed E-state index contributed by atoms with van der Waals surface area (Å²) in [4.78, 5) is 11.6. The van der Waals surface area contributed by atoms with Gasteiger partial charge in [-0.05, 0) is 37.5 Å². The maximum atomic E-state index is 11.6. The number of halogens is 1. The Morgan fingerprint density at radius 1 is 1.38 bits per heavy atom. The standard InChI is InChI=1S/C14H15ClN4O2/c15-7-1-4-11-10(5-7)12(13(14(16)21)19-18-11)17-8-2-3-9(20)6-8/h1,4-5,8-9,20H,2-3,6H2,(H2,16,21)(H,17,18)/t8-,9-/m1/s1. The van der Waals surface area contributed by atoms with Crippen molar-refractivity contribution in [3.05, 3.63) is 28.9 Å². The van der Waals surface area contributed by atoms with E-state index >= 15 is 0 Å². The summed E-state index contributed by atoms with van der Waals surface area (Å²) < 4.78 is 0. The molecule has 0 saturated heterocycles. The summed E-state index contributed by atoms with van der Waals surface area (Å²) in [6.07, 6.45) is 1.87. The van der Waals surface area contributed by atoms with Gasteiger partial charge in [0.05, 0.1) is 17.3 Å². The van der Waals surface area contributed by atoms with Crippen LogP contribution in [0.5, 0.6) is 0 Å². The molecule has 1 heterocycles. The molecule has 110 valence electrons. The molecule has 1 aliphatic rings. The summed E-state index contributed by atoms with van der Waals surface area (Å²) in [5.74, 6) is -0.648. The maximum absolute atomic E-state index is 11.6. The molecule has 4 N–H and O–H groups in total. The summed E-state index contributed by atoms with van der Waals surface area (Å²) in [5, 5.41) is 22.0. The van der Waals surface area contributed by atoms with Gasteiger partial charge in [-0.1, -0.05) is 11.6 Å². The molecule has 0 spiro atoms. The minimum absolute atomic E-state index is 0.0736. The number of amides is 1. The van der Waals surface area contributed by atoms with E-state index in [1.165, 1.54) is 0 Å². The van der Waals surface area contributed by atoms with Crippen LogP contribution in [-0.4, -0.2) is 33.4 Å². The average molecular weight is 307 g/mol. The van der Waals surface area contributed by atoms with E-state index in [1.54, 1.807) is 18.2 Å². The Kier molecular flexibility index (Phi) is 3.65. The van der Waals surface area contributed by atoms with Gasteiger partial charge in [0.15, 0.2) is 5.69 Å². The first-order valence-corrected chi connectivity index (χ1v) is 7.12. The van der Waals surface area contributed by atoms with Crippen molar-refractivity contribution in [3.63, 3.8) is 0 Å². The summed E-state index contributed by atoms with van der Waals surface area (Å²) in [7, 11) is 0. The molecule has 3 rings (SSSR count). The first kappa shape index (κ1) is 14.0. The van der Waals surface area contributed by atoms with Crippen molar-refractivity contribution >= 4 is 34.1 Å². The molecule has 0 radical (unpaired) electrons. The van der Waals surface area contributed by atoms with Gasteiger partial charge in [-0.2, -0.15) is 0 Å². The van der Waals surface area contributed by atoms with Crippen molar-refractivity contribution in [2.75, 3.05) is 5.32 Å². The van der Waals surface area contributed by atoms with Gasteiger partial charge < -0.3 is 16.2 Å². The summed E-state index contributed by atoms with van der Waals surface area (Å²) >= 11 is 6.03. The Morgan fingerprint density at radius 3 is 2.86 bits per heavy atom. The molecule has 0 aliphatic heterocycles. The minimum atomic E-state index is -0.648. The number of hydrogen-bond acceptors (Lipinski definition) is 5. The van der Waals surface area contributed by atoms with Crippen molar-refractivity contribution in [3.8, 4) is 0 Å². The number of carbonyl (C=O) groups excluding carboxylic acids is 1. The lowest BCUT2D eigenvalue weighted by Crippen LogP contribution is -2.22. The van der Waals surface area contributed by atoms with Crippen LogP contribution in [0.15, 0.2) is 18.2 Å². The zero-order valence-electron chi connectivity index (χ0n) is 11.2. The number of hydrogen-bond donors (Lipinski definition) is 3. The molecule has 1 aliphatic carbocycles. The second kappa shape index (κ2) is 5.46. The van der Waals surface area contributed by atoms with Crippen molar-refractivity contribution in [2.24, 2.45) is 5.73 Å². The van der Waals surface area contributed by atoms with Gasteiger partial charge in [-0.3, -0.25) is 4.79 Å². The molecule has 2 aromatic rings. The van der Waals surface area contributed by atoms with E-state index in [1.807, 2.05) is 0 Å². The number of nitrogens with zero attached hydrogens (tertiary/aromatic N) is 2. The van der Waals surface area contributed by atoms with Crippen LogP contribution < -0.4 is 11.1 Å². The predicted octanol–water partition coefficient (Wildman–Crippen LogP) is 1.71. The van der Waals surface area contributed by atoms with Crippen LogP contribution in [0.3, 0.4) is 0 Å². The minimum Gasteiger partial charge on any atom is -0.393 e. The van der Waals surface area contributed by atoms with E-state index in [4.69, 9.17) is 17.3 Å². The molecule has 0 bridgehead atoms. The van der Waals surface area contributed by atoms with Gasteiger partial charge >= 0.3 is 0 Å². The maximum Gasteiger partial charge on any atom is 0.271 e. The lowest BCUT2D eigenvalue weighted by Gasteiger charge is -2.17. The smallest absolute Gasteiger partial charge is 0.271 e. The number of aliphatic hydroxyl groups is 1. The average Bonchev–Trinajstić information content (AvgIpc) is 2.84. The Labute approximate surface area is 126 Å². The Bertz CT molecular complexity index is 707. The van der Waals surface area contributed by atoms with Gasteiger partial charge in [-0.15, -0.1) is 10.2 Å². The third-order valence-corrected chi connectivity index (χ3v) is 3.94. The molecule has 0 unspecified atom stereocenters. The summed E-state index contributed by atoms with van der Waals surface area (Å²) in [5.41, 5.74) is 6.64. The van der Waals surface area contributed by atoms with E-state index in [2.05, 4.69) is 15.5 Å². The number of benzene rings is 1. The largest absolute Gasteiger partial charge is 0.393 e. The fourth-order valence-corrected chi connectivity index (χ4v) is 2.86. The molecule has 21 heavy (non-hydrogen) atoms. The fraction of sp³-hybridized carbons (Fsp3) is 0.357. The highest BCUT2D eigenvalue weighted by Gasteiger charge is 2.25. The highest BCUT2D eigenvalue weighted by Crippen LogP contribution is 2.30. The van der Waals surface area contributed by atoms with Crippen LogP contribution in [0, 0.1) is 0 Å². The molecular weight excluding hydrogens is 292 g/mol. The number of fused-ring (bicyclic) bond motifs is 1. The third-order valence-electron chi connectivity index (χ3n) is 3.71. The molecule has 2 atom stereocenters. The lowest BCUT2D eigenvalue weighted by molar-refractivity contribution is 0.0995. The van der Waals surface area contributed by atoms with E-state index in [9.17, 15) is 9.90 Å². The summed E-state index contributed by atoms with van der Waals surface area (Å²) in [6, 6.07) is 5.26.